The SMILES string of the molecule is CC1Cc2ccccc2N1C(=O)COC(=O)c1ccccc1Nc1cccc(C(F)(F)F)c1. The van der Waals surface area contributed by atoms with Crippen molar-refractivity contribution >= 4 is 28.9 Å². The van der Waals surface area contributed by atoms with Crippen LogP contribution in [0.5, 0.6) is 0 Å². The predicted octanol–water partition coefficient (Wildman–Crippen LogP) is 5.58. The van der Waals surface area contributed by atoms with Crippen molar-refractivity contribution in [1.29, 1.82) is 0 Å². The average molecular weight is 454 g/mol. The van der Waals surface area contributed by atoms with Gasteiger partial charge >= 0.3 is 12.1 Å². The zero-order valence-corrected chi connectivity index (χ0v) is 17.7. The Morgan fingerprint density at radius 2 is 1.76 bits per heavy atom. The third-order valence-corrected chi connectivity index (χ3v) is 5.42. The number of carbonyl (C=O) groups is 2. The molecule has 0 radical (unpaired) electrons. The van der Waals surface area contributed by atoms with Gasteiger partial charge in [0.25, 0.3) is 5.91 Å². The monoisotopic (exact) mass is 454 g/mol. The first-order chi connectivity index (χ1) is 15.7. The normalized spacial score (nSPS) is 15.2. The van der Waals surface area contributed by atoms with E-state index >= 15 is 0 Å². The van der Waals surface area contributed by atoms with Crippen LogP contribution in [0, 0.1) is 0 Å². The van der Waals surface area contributed by atoms with Crippen molar-refractivity contribution in [2.45, 2.75) is 25.6 Å². The van der Waals surface area contributed by atoms with Crippen LogP contribution in [-0.2, 0) is 22.1 Å². The number of amides is 1. The smallest absolute Gasteiger partial charge is 0.416 e. The molecule has 0 aliphatic carbocycles. The molecule has 3 aromatic carbocycles. The quantitative estimate of drug-likeness (QED) is 0.511. The summed E-state index contributed by atoms with van der Waals surface area (Å²) >= 11 is 0. The number of anilines is 3. The fourth-order valence-corrected chi connectivity index (χ4v) is 3.92. The van der Waals surface area contributed by atoms with Crippen LogP contribution in [0.3, 0.4) is 0 Å². The van der Waals surface area contributed by atoms with Crippen molar-refractivity contribution in [2.75, 3.05) is 16.8 Å². The van der Waals surface area contributed by atoms with Crippen molar-refractivity contribution in [3.8, 4) is 0 Å². The Morgan fingerprint density at radius 1 is 1.03 bits per heavy atom. The summed E-state index contributed by atoms with van der Waals surface area (Å²) in [6, 6.07) is 18.5. The second-order valence-corrected chi connectivity index (χ2v) is 7.77. The van der Waals surface area contributed by atoms with Crippen molar-refractivity contribution in [2.24, 2.45) is 0 Å². The molecule has 0 bridgehead atoms. The van der Waals surface area contributed by atoms with Crippen molar-refractivity contribution in [1.82, 2.24) is 0 Å². The zero-order valence-electron chi connectivity index (χ0n) is 17.7. The Labute approximate surface area is 188 Å². The maximum atomic E-state index is 13.0. The van der Waals surface area contributed by atoms with E-state index in [2.05, 4.69) is 5.32 Å². The lowest BCUT2D eigenvalue weighted by Gasteiger charge is -2.22. The molecule has 4 rings (SSSR count). The summed E-state index contributed by atoms with van der Waals surface area (Å²) in [6.07, 6.45) is -3.76. The molecule has 1 amide bonds. The number of esters is 1. The number of hydrogen-bond donors (Lipinski definition) is 1. The van der Waals surface area contributed by atoms with E-state index in [-0.39, 0.29) is 28.9 Å². The van der Waals surface area contributed by atoms with Crippen LogP contribution in [0.1, 0.15) is 28.4 Å². The molecule has 1 N–H and O–H groups in total. The number of para-hydroxylation sites is 2. The predicted molar refractivity (Wildman–Crippen MR) is 119 cm³/mol. The van der Waals surface area contributed by atoms with Gasteiger partial charge in [-0.05, 0) is 55.3 Å². The Hall–Kier alpha value is -3.81. The fourth-order valence-electron chi connectivity index (χ4n) is 3.92. The number of carbonyl (C=O) groups excluding carboxylic acids is 2. The van der Waals surface area contributed by atoms with Gasteiger partial charge in [-0.1, -0.05) is 36.4 Å². The largest absolute Gasteiger partial charge is 0.452 e. The molecule has 1 aliphatic heterocycles. The van der Waals surface area contributed by atoms with Gasteiger partial charge in [-0.2, -0.15) is 13.2 Å². The van der Waals surface area contributed by atoms with Crippen LogP contribution >= 0.6 is 0 Å². The van der Waals surface area contributed by atoms with Gasteiger partial charge in [-0.3, -0.25) is 4.79 Å². The molecular formula is C25H21F3N2O3. The summed E-state index contributed by atoms with van der Waals surface area (Å²) < 4.78 is 44.3. The van der Waals surface area contributed by atoms with Gasteiger partial charge in [0.2, 0.25) is 0 Å². The molecule has 5 nitrogen and oxygen atoms in total. The summed E-state index contributed by atoms with van der Waals surface area (Å²) in [5.41, 5.74) is 1.60. The lowest BCUT2D eigenvalue weighted by Crippen LogP contribution is -2.38. The molecule has 1 heterocycles. The number of halogens is 3. The van der Waals surface area contributed by atoms with Crippen LogP contribution in [0.15, 0.2) is 72.8 Å². The highest BCUT2D eigenvalue weighted by Gasteiger charge is 2.32. The molecule has 1 aliphatic rings. The molecule has 1 unspecified atom stereocenters. The minimum atomic E-state index is -4.48. The summed E-state index contributed by atoms with van der Waals surface area (Å²) in [5.74, 6) is -1.09. The van der Waals surface area contributed by atoms with Gasteiger partial charge < -0.3 is 15.0 Å². The topological polar surface area (TPSA) is 58.6 Å². The molecule has 33 heavy (non-hydrogen) atoms. The Morgan fingerprint density at radius 3 is 2.55 bits per heavy atom. The fraction of sp³-hybridized carbons (Fsp3) is 0.200. The second-order valence-electron chi connectivity index (χ2n) is 7.77. The van der Waals surface area contributed by atoms with Gasteiger partial charge in [-0.25, -0.2) is 4.79 Å². The number of hydrogen-bond acceptors (Lipinski definition) is 4. The molecule has 0 fully saturated rings. The summed E-state index contributed by atoms with van der Waals surface area (Å²) in [4.78, 5) is 27.1. The molecule has 1 atom stereocenters. The Kier molecular flexibility index (Phi) is 6.09. The number of fused-ring (bicyclic) bond motifs is 1. The molecule has 0 spiro atoms. The van der Waals surface area contributed by atoms with Gasteiger partial charge in [0, 0.05) is 17.4 Å². The van der Waals surface area contributed by atoms with E-state index in [4.69, 9.17) is 4.74 Å². The average Bonchev–Trinajstić information content (AvgIpc) is 3.13. The van der Waals surface area contributed by atoms with E-state index in [1.54, 1.807) is 23.1 Å². The van der Waals surface area contributed by atoms with Crippen LogP contribution in [0.4, 0.5) is 30.2 Å². The summed E-state index contributed by atoms with van der Waals surface area (Å²) in [7, 11) is 0. The third kappa shape index (κ3) is 4.84. The van der Waals surface area contributed by atoms with E-state index in [1.165, 1.54) is 18.2 Å². The first kappa shape index (κ1) is 22.4. The van der Waals surface area contributed by atoms with Gasteiger partial charge in [0.1, 0.15) is 0 Å². The summed E-state index contributed by atoms with van der Waals surface area (Å²) in [5, 5.41) is 2.83. The first-order valence-corrected chi connectivity index (χ1v) is 10.3. The van der Waals surface area contributed by atoms with Crippen molar-refractivity contribution < 1.29 is 27.5 Å². The van der Waals surface area contributed by atoms with E-state index in [9.17, 15) is 22.8 Å². The number of nitrogens with one attached hydrogen (secondary N) is 1. The number of alkyl halides is 3. The van der Waals surface area contributed by atoms with E-state index in [1.807, 2.05) is 31.2 Å². The Bertz CT molecular complexity index is 1190. The third-order valence-electron chi connectivity index (χ3n) is 5.42. The molecule has 8 heteroatoms. The maximum absolute atomic E-state index is 13.0. The van der Waals surface area contributed by atoms with Gasteiger partial charge in [0.15, 0.2) is 6.61 Å². The lowest BCUT2D eigenvalue weighted by atomic mass is 10.1. The van der Waals surface area contributed by atoms with E-state index in [0.717, 1.165) is 29.8 Å². The number of nitrogens with zero attached hydrogens (tertiary/aromatic N) is 1. The maximum Gasteiger partial charge on any atom is 0.416 e. The van der Waals surface area contributed by atoms with Gasteiger partial charge in [0.05, 0.1) is 16.8 Å². The highest BCUT2D eigenvalue weighted by molar-refractivity contribution is 6.01. The highest BCUT2D eigenvalue weighted by atomic mass is 19.4. The first-order valence-electron chi connectivity index (χ1n) is 10.3. The molecule has 0 aromatic heterocycles. The number of ether oxygens (including phenoxy) is 1. The minimum Gasteiger partial charge on any atom is -0.452 e. The van der Waals surface area contributed by atoms with E-state index < -0.39 is 24.3 Å². The second kappa shape index (κ2) is 8.97. The lowest BCUT2D eigenvalue weighted by molar-refractivity contribution is -0.137. The standard InChI is InChI=1S/C25H21F3N2O3/c1-16-13-17-7-2-5-12-22(17)30(16)23(31)15-33-24(32)20-10-3-4-11-21(20)29-19-9-6-8-18(14-19)25(26,27)28/h2-12,14,16,29H,13,15H2,1H3. The Balaban J connectivity index is 1.46. The van der Waals surface area contributed by atoms with Crippen molar-refractivity contribution in [3.05, 3.63) is 89.5 Å². The van der Waals surface area contributed by atoms with Gasteiger partial charge in [-0.15, -0.1) is 0 Å². The highest BCUT2D eigenvalue weighted by Crippen LogP contribution is 2.33. The van der Waals surface area contributed by atoms with Crippen molar-refractivity contribution in [3.63, 3.8) is 0 Å². The molecule has 3 aromatic rings. The molecule has 0 saturated heterocycles. The zero-order chi connectivity index (χ0) is 23.6. The minimum absolute atomic E-state index is 0.0523. The van der Waals surface area contributed by atoms with Crippen LogP contribution < -0.4 is 10.2 Å². The van der Waals surface area contributed by atoms with E-state index in [0.29, 0.717) is 0 Å². The van der Waals surface area contributed by atoms with Crippen LogP contribution in [0.2, 0.25) is 0 Å². The van der Waals surface area contributed by atoms with Crippen LogP contribution in [0.25, 0.3) is 0 Å². The molecular weight excluding hydrogens is 433 g/mol. The van der Waals surface area contributed by atoms with Crippen LogP contribution in [-0.4, -0.2) is 24.5 Å². The number of benzene rings is 3. The summed E-state index contributed by atoms with van der Waals surface area (Å²) in [6.45, 7) is 1.48. The number of rotatable bonds is 5. The molecule has 170 valence electrons. The molecule has 0 saturated carbocycles.